The Labute approximate surface area is 223 Å². The minimum atomic E-state index is -7.36. The van der Waals surface area contributed by atoms with Crippen molar-refractivity contribution in [2.24, 2.45) is 0 Å². The van der Waals surface area contributed by atoms with Crippen LogP contribution in [0.2, 0.25) is 0 Å². The van der Waals surface area contributed by atoms with Gasteiger partial charge in [0.15, 0.2) is 0 Å². The molecule has 0 saturated heterocycles. The Morgan fingerprint density at radius 2 is 1.45 bits per heavy atom. The number of imide groups is 1. The van der Waals surface area contributed by atoms with Gasteiger partial charge >= 0.3 is 33.1 Å². The third kappa shape index (κ3) is 5.03. The molecule has 2 amide bonds. The second-order valence-electron chi connectivity index (χ2n) is 8.99. The number of nitrogens with zero attached hydrogens (tertiary/aromatic N) is 1. The van der Waals surface area contributed by atoms with Gasteiger partial charge in [-0.05, 0) is 30.0 Å². The van der Waals surface area contributed by atoms with E-state index in [4.69, 9.17) is 0 Å². The zero-order chi connectivity index (χ0) is 30.3. The molecule has 2 aromatic rings. The monoisotopic (exact) mass is 599 g/mol. The quantitative estimate of drug-likeness (QED) is 0.134. The largest absolute Gasteiger partial charge is 0.440 e. The highest BCUT2D eigenvalue weighted by molar-refractivity contribution is 7.87. The third-order valence-corrected chi connectivity index (χ3v) is 7.28. The molecule has 0 bridgehead atoms. The molecule has 218 valence electrons. The number of halogens is 8. The Morgan fingerprint density at radius 3 is 2.02 bits per heavy atom. The summed E-state index contributed by atoms with van der Waals surface area (Å²) in [4.78, 5) is 25.8. The molecule has 6 nitrogen and oxygen atoms in total. The van der Waals surface area contributed by atoms with Crippen LogP contribution in [0.5, 0.6) is 0 Å². The fraction of sp³-hybridized carbons (Fsp3) is 0.440. The molecule has 0 aliphatic carbocycles. The SMILES string of the molecule is CCCCCCC#Cc1ccc2c3c(cccc13)C(=O)N(OS(=O)(=O)C(F)(F)C(F)(F)C(F)(F)C(C)(F)F)C2=O. The smallest absolute Gasteiger partial charge is 0.266 e. The van der Waals surface area contributed by atoms with Crippen LogP contribution in [0.25, 0.3) is 10.8 Å². The average Bonchev–Trinajstić information content (AvgIpc) is 2.86. The summed E-state index contributed by atoms with van der Waals surface area (Å²) >= 11 is 0. The maximum absolute atomic E-state index is 14.3. The van der Waals surface area contributed by atoms with Crippen molar-refractivity contribution in [3.05, 3.63) is 47.0 Å². The molecule has 1 aliphatic rings. The van der Waals surface area contributed by atoms with Crippen molar-refractivity contribution >= 4 is 32.7 Å². The highest BCUT2D eigenvalue weighted by Gasteiger charge is 2.84. The number of hydrogen-bond acceptors (Lipinski definition) is 5. The minimum absolute atomic E-state index is 0.0817. The van der Waals surface area contributed by atoms with Crippen molar-refractivity contribution in [2.75, 3.05) is 0 Å². The molecule has 0 N–H and O–H groups in total. The first-order valence-corrected chi connectivity index (χ1v) is 13.1. The van der Waals surface area contributed by atoms with Crippen molar-refractivity contribution in [1.29, 1.82) is 0 Å². The van der Waals surface area contributed by atoms with E-state index in [-0.39, 0.29) is 10.8 Å². The van der Waals surface area contributed by atoms with Crippen LogP contribution >= 0.6 is 0 Å². The van der Waals surface area contributed by atoms with E-state index >= 15 is 0 Å². The lowest BCUT2D eigenvalue weighted by Crippen LogP contribution is -2.64. The third-order valence-electron chi connectivity index (χ3n) is 6.05. The number of benzene rings is 2. The molecule has 0 unspecified atom stereocenters. The molecule has 0 fully saturated rings. The van der Waals surface area contributed by atoms with Gasteiger partial charge in [-0.1, -0.05) is 50.2 Å². The number of alkyl halides is 8. The molecule has 40 heavy (non-hydrogen) atoms. The maximum atomic E-state index is 14.3. The summed E-state index contributed by atoms with van der Waals surface area (Å²) in [5, 5.41) is -7.70. The lowest BCUT2D eigenvalue weighted by Gasteiger charge is -2.35. The molecule has 1 aliphatic heterocycles. The molecule has 0 atom stereocenters. The highest BCUT2D eigenvalue weighted by Crippen LogP contribution is 2.54. The second kappa shape index (κ2) is 10.6. The lowest BCUT2D eigenvalue weighted by molar-refractivity contribution is -0.344. The van der Waals surface area contributed by atoms with Gasteiger partial charge < -0.3 is 0 Å². The van der Waals surface area contributed by atoms with Gasteiger partial charge in [-0.2, -0.15) is 43.5 Å². The van der Waals surface area contributed by atoms with E-state index in [0.29, 0.717) is 12.0 Å². The van der Waals surface area contributed by atoms with Gasteiger partial charge in [0.25, 0.3) is 11.8 Å². The Hall–Kier alpha value is -3.25. The van der Waals surface area contributed by atoms with Crippen molar-refractivity contribution in [1.82, 2.24) is 5.06 Å². The second-order valence-corrected chi connectivity index (χ2v) is 10.6. The Kier molecular flexibility index (Phi) is 8.31. The van der Waals surface area contributed by atoms with Crippen molar-refractivity contribution in [3.63, 3.8) is 0 Å². The first kappa shape index (κ1) is 31.3. The number of rotatable bonds is 10. The zero-order valence-electron chi connectivity index (χ0n) is 20.8. The van der Waals surface area contributed by atoms with Gasteiger partial charge in [0.2, 0.25) is 0 Å². The molecule has 1 heterocycles. The molecule has 15 heteroatoms. The topological polar surface area (TPSA) is 80.8 Å². The number of hydroxylamine groups is 2. The summed E-state index contributed by atoms with van der Waals surface area (Å²) < 4.78 is 137. The number of hydrogen-bond donors (Lipinski definition) is 0. The van der Waals surface area contributed by atoms with Gasteiger partial charge in [0.1, 0.15) is 0 Å². The highest BCUT2D eigenvalue weighted by atomic mass is 32.2. The van der Waals surface area contributed by atoms with Gasteiger partial charge in [-0.25, -0.2) is 0 Å². The summed E-state index contributed by atoms with van der Waals surface area (Å²) in [6, 6.07) is 6.10. The summed E-state index contributed by atoms with van der Waals surface area (Å²) in [5.74, 6) is -17.5. The Morgan fingerprint density at radius 1 is 0.850 bits per heavy atom. The fourth-order valence-corrected chi connectivity index (χ4v) is 4.68. The lowest BCUT2D eigenvalue weighted by atomic mass is 9.92. The van der Waals surface area contributed by atoms with Crippen LogP contribution in [-0.2, 0) is 14.4 Å². The van der Waals surface area contributed by atoms with E-state index in [2.05, 4.69) is 16.1 Å². The first-order valence-electron chi connectivity index (χ1n) is 11.7. The van der Waals surface area contributed by atoms with Crippen LogP contribution in [0.3, 0.4) is 0 Å². The Bertz CT molecular complexity index is 1480. The van der Waals surface area contributed by atoms with Crippen molar-refractivity contribution < 1.29 is 57.4 Å². The summed E-state index contributed by atoms with van der Waals surface area (Å²) in [6.07, 6.45) is 4.37. The van der Waals surface area contributed by atoms with Gasteiger partial charge in [0, 0.05) is 24.3 Å². The molecule has 0 radical (unpaired) electrons. The van der Waals surface area contributed by atoms with Crippen LogP contribution < -0.4 is 0 Å². The summed E-state index contributed by atoms with van der Waals surface area (Å²) in [6.45, 7) is 1.21. The zero-order valence-corrected chi connectivity index (χ0v) is 21.7. The normalized spacial score (nSPS) is 14.9. The average molecular weight is 599 g/mol. The molecule has 0 spiro atoms. The number of carbonyl (C=O) groups is 2. The standard InChI is InChI=1S/C25H21F8NO5S/c1-3-4-5-6-7-8-10-15-13-14-18-19-16(15)11-9-12-17(19)20(35)34(21(18)36)39-40(37,38)25(32,33)24(30,31)23(28,29)22(2,26)27/h9,11-14H,3-7H2,1-2H3. The van der Waals surface area contributed by atoms with Crippen LogP contribution in [0.1, 0.15) is 72.2 Å². The van der Waals surface area contributed by atoms with Gasteiger partial charge in [-0.15, -0.1) is 9.35 Å². The number of carbonyl (C=O) groups excluding carboxylic acids is 2. The maximum Gasteiger partial charge on any atom is 0.440 e. The van der Waals surface area contributed by atoms with Gasteiger partial charge in [0.05, 0.1) is 11.1 Å². The number of unbranched alkanes of at least 4 members (excludes halogenated alkanes) is 4. The van der Waals surface area contributed by atoms with E-state index in [1.54, 1.807) is 0 Å². The van der Waals surface area contributed by atoms with Crippen LogP contribution in [-0.4, -0.2) is 48.3 Å². The van der Waals surface area contributed by atoms with Crippen LogP contribution in [0, 0.1) is 11.8 Å². The molecular weight excluding hydrogens is 578 g/mol. The minimum Gasteiger partial charge on any atom is -0.266 e. The van der Waals surface area contributed by atoms with E-state index < -0.39 is 68.1 Å². The molecule has 3 rings (SSSR count). The molecule has 0 aromatic heterocycles. The Balaban J connectivity index is 1.99. The van der Waals surface area contributed by atoms with Crippen molar-refractivity contribution in [2.45, 2.75) is 69.0 Å². The predicted molar refractivity (Wildman–Crippen MR) is 126 cm³/mol. The van der Waals surface area contributed by atoms with E-state index in [9.17, 15) is 53.1 Å². The van der Waals surface area contributed by atoms with E-state index in [1.165, 1.54) is 18.2 Å². The first-order chi connectivity index (χ1) is 18.3. The summed E-state index contributed by atoms with van der Waals surface area (Å²) in [7, 11) is -7.36. The fourth-order valence-electron chi connectivity index (χ4n) is 3.81. The predicted octanol–water partition coefficient (Wildman–Crippen LogP) is 6.54. The van der Waals surface area contributed by atoms with Crippen LogP contribution in [0.4, 0.5) is 35.1 Å². The molecule has 2 aromatic carbocycles. The summed E-state index contributed by atoms with van der Waals surface area (Å²) in [5.41, 5.74) is -0.628. The molecular formula is C25H21F8NO5S. The van der Waals surface area contributed by atoms with Crippen LogP contribution in [0.15, 0.2) is 30.3 Å². The van der Waals surface area contributed by atoms with Gasteiger partial charge in [-0.3, -0.25) is 9.59 Å². The van der Waals surface area contributed by atoms with Crippen molar-refractivity contribution in [3.8, 4) is 11.8 Å². The number of amides is 2. The van der Waals surface area contributed by atoms with E-state index in [0.717, 1.165) is 37.8 Å². The molecule has 0 saturated carbocycles. The van der Waals surface area contributed by atoms with E-state index in [1.807, 2.05) is 6.92 Å².